The third-order valence-electron chi connectivity index (χ3n) is 5.28. The van der Waals surface area contributed by atoms with Crippen LogP contribution in [0, 0.1) is 0 Å². The molecule has 6 nitrogen and oxygen atoms in total. The molecule has 2 aromatic heterocycles. The highest BCUT2D eigenvalue weighted by Crippen LogP contribution is 2.31. The smallest absolute Gasteiger partial charge is 0.232 e. The molecule has 5 rings (SSSR count). The number of para-hydroxylation sites is 2. The van der Waals surface area contributed by atoms with E-state index in [2.05, 4.69) is 37.3 Å². The maximum absolute atomic E-state index is 6.28. The molecule has 3 heterocycles. The lowest BCUT2D eigenvalue weighted by atomic mass is 10.3. The van der Waals surface area contributed by atoms with E-state index in [-0.39, 0.29) is 0 Å². The van der Waals surface area contributed by atoms with Gasteiger partial charge in [0.2, 0.25) is 5.95 Å². The first-order valence-corrected chi connectivity index (χ1v) is 11.1. The number of aryl methyl sites for hydroxylation is 1. The van der Waals surface area contributed by atoms with Crippen LogP contribution in [0.1, 0.15) is 18.7 Å². The second-order valence-electron chi connectivity index (χ2n) is 7.16. The van der Waals surface area contributed by atoms with E-state index in [1.165, 1.54) is 12.8 Å². The van der Waals surface area contributed by atoms with Crippen molar-refractivity contribution in [2.75, 3.05) is 18.0 Å². The van der Waals surface area contributed by atoms with E-state index >= 15 is 0 Å². The molecule has 0 aliphatic carbocycles. The first-order valence-electron chi connectivity index (χ1n) is 9.70. The fourth-order valence-corrected chi connectivity index (χ4v) is 4.89. The Hall–Kier alpha value is -2.51. The van der Waals surface area contributed by atoms with Crippen molar-refractivity contribution in [3.63, 3.8) is 0 Å². The van der Waals surface area contributed by atoms with Gasteiger partial charge in [0.05, 0.1) is 22.5 Å². The Bertz CT molecular complexity index is 1160. The Labute approximate surface area is 178 Å². The van der Waals surface area contributed by atoms with Gasteiger partial charge in [-0.05, 0) is 43.2 Å². The van der Waals surface area contributed by atoms with E-state index in [0.29, 0.717) is 10.8 Å². The zero-order chi connectivity index (χ0) is 19.8. The summed E-state index contributed by atoms with van der Waals surface area (Å²) in [6, 6.07) is 16.1. The molecule has 1 fully saturated rings. The summed E-state index contributed by atoms with van der Waals surface area (Å²) in [6.45, 7) is 2.02. The standard InChI is InChI=1S/C21H21ClN6S/c1-26-18-10-3-2-9-17(18)23-19(26)14-29-21-25-24-20(27-11-4-5-12-27)28(21)16-8-6-7-15(22)13-16/h2-3,6-10,13H,4-5,11-12,14H2,1H3. The molecule has 1 aliphatic rings. The minimum Gasteiger partial charge on any atom is -0.341 e. The minimum absolute atomic E-state index is 0.704. The van der Waals surface area contributed by atoms with Gasteiger partial charge in [0.25, 0.3) is 0 Å². The molecule has 8 heteroatoms. The Morgan fingerprint density at radius 3 is 2.66 bits per heavy atom. The van der Waals surface area contributed by atoms with Crippen LogP contribution in [-0.4, -0.2) is 37.4 Å². The number of imidazole rings is 1. The van der Waals surface area contributed by atoms with E-state index in [9.17, 15) is 0 Å². The molecule has 1 aliphatic heterocycles. The van der Waals surface area contributed by atoms with Crippen LogP contribution in [0.25, 0.3) is 16.7 Å². The molecule has 0 spiro atoms. The van der Waals surface area contributed by atoms with Crippen molar-refractivity contribution < 1.29 is 0 Å². The summed E-state index contributed by atoms with van der Waals surface area (Å²) in [4.78, 5) is 7.08. The molecule has 0 amide bonds. The average Bonchev–Trinajstić information content (AvgIpc) is 3.46. The summed E-state index contributed by atoms with van der Waals surface area (Å²) < 4.78 is 4.26. The molecule has 0 bridgehead atoms. The number of aromatic nitrogens is 5. The lowest BCUT2D eigenvalue weighted by molar-refractivity contribution is 0.837. The van der Waals surface area contributed by atoms with E-state index < -0.39 is 0 Å². The van der Waals surface area contributed by atoms with Crippen molar-refractivity contribution in [2.24, 2.45) is 7.05 Å². The first kappa shape index (κ1) is 18.5. The van der Waals surface area contributed by atoms with Gasteiger partial charge in [0.1, 0.15) is 5.82 Å². The molecule has 0 N–H and O–H groups in total. The zero-order valence-corrected chi connectivity index (χ0v) is 17.7. The van der Waals surface area contributed by atoms with Crippen molar-refractivity contribution in [2.45, 2.75) is 23.8 Å². The number of nitrogens with zero attached hydrogens (tertiary/aromatic N) is 6. The molecular weight excluding hydrogens is 404 g/mol. The van der Waals surface area contributed by atoms with Crippen LogP contribution in [0.3, 0.4) is 0 Å². The molecule has 0 unspecified atom stereocenters. The normalized spacial score (nSPS) is 14.2. The Balaban J connectivity index is 1.50. The number of halogens is 1. The number of anilines is 1. The van der Waals surface area contributed by atoms with Crippen molar-refractivity contribution in [1.82, 2.24) is 24.3 Å². The highest BCUT2D eigenvalue weighted by molar-refractivity contribution is 7.98. The highest BCUT2D eigenvalue weighted by Gasteiger charge is 2.23. The Morgan fingerprint density at radius 1 is 1.03 bits per heavy atom. The maximum atomic E-state index is 6.28. The Kier molecular flexibility index (Phi) is 4.93. The summed E-state index contributed by atoms with van der Waals surface area (Å²) in [5, 5.41) is 10.6. The molecule has 1 saturated heterocycles. The fraction of sp³-hybridized carbons (Fsp3) is 0.286. The van der Waals surface area contributed by atoms with Gasteiger partial charge in [-0.15, -0.1) is 10.2 Å². The number of thioether (sulfide) groups is 1. The number of hydrogen-bond acceptors (Lipinski definition) is 5. The quantitative estimate of drug-likeness (QED) is 0.434. The van der Waals surface area contributed by atoms with Crippen LogP contribution in [0.5, 0.6) is 0 Å². The third kappa shape index (κ3) is 3.49. The third-order valence-corrected chi connectivity index (χ3v) is 6.44. The number of rotatable bonds is 5. The van der Waals surface area contributed by atoms with E-state index in [0.717, 1.165) is 46.7 Å². The molecule has 29 heavy (non-hydrogen) atoms. The van der Waals surface area contributed by atoms with Crippen LogP contribution in [0.4, 0.5) is 5.95 Å². The molecule has 2 aromatic carbocycles. The van der Waals surface area contributed by atoms with Crippen molar-refractivity contribution in [1.29, 1.82) is 0 Å². The second kappa shape index (κ2) is 7.72. The molecule has 0 radical (unpaired) electrons. The molecule has 4 aromatic rings. The second-order valence-corrected chi connectivity index (χ2v) is 8.54. The van der Waals surface area contributed by atoms with Gasteiger partial charge in [-0.2, -0.15) is 0 Å². The number of benzene rings is 2. The van der Waals surface area contributed by atoms with Gasteiger partial charge in [0, 0.05) is 25.2 Å². The summed E-state index contributed by atoms with van der Waals surface area (Å²) in [6.07, 6.45) is 2.37. The Morgan fingerprint density at radius 2 is 1.86 bits per heavy atom. The van der Waals surface area contributed by atoms with Crippen LogP contribution in [-0.2, 0) is 12.8 Å². The predicted molar refractivity (Wildman–Crippen MR) is 118 cm³/mol. The van der Waals surface area contributed by atoms with Gasteiger partial charge in [0.15, 0.2) is 5.16 Å². The number of hydrogen-bond donors (Lipinski definition) is 0. The lowest BCUT2D eigenvalue weighted by Crippen LogP contribution is -2.22. The van der Waals surface area contributed by atoms with Crippen molar-refractivity contribution in [3.8, 4) is 5.69 Å². The lowest BCUT2D eigenvalue weighted by Gasteiger charge is -2.18. The minimum atomic E-state index is 0.704. The highest BCUT2D eigenvalue weighted by atomic mass is 35.5. The fourth-order valence-electron chi connectivity index (χ4n) is 3.77. The monoisotopic (exact) mass is 424 g/mol. The van der Waals surface area contributed by atoms with Gasteiger partial charge >= 0.3 is 0 Å². The first-order chi connectivity index (χ1) is 14.2. The summed E-state index contributed by atoms with van der Waals surface area (Å²) in [5.41, 5.74) is 3.13. The maximum Gasteiger partial charge on any atom is 0.232 e. The molecular formula is C21H21ClN6S. The van der Waals surface area contributed by atoms with E-state index in [4.69, 9.17) is 16.6 Å². The van der Waals surface area contributed by atoms with Crippen molar-refractivity contribution >= 4 is 40.3 Å². The molecule has 0 saturated carbocycles. The average molecular weight is 425 g/mol. The van der Waals surface area contributed by atoms with E-state index in [1.54, 1.807) is 11.8 Å². The van der Waals surface area contributed by atoms with Gasteiger partial charge in [-0.3, -0.25) is 4.57 Å². The molecule has 148 valence electrons. The summed E-state index contributed by atoms with van der Waals surface area (Å²) in [7, 11) is 2.06. The summed E-state index contributed by atoms with van der Waals surface area (Å²) in [5.74, 6) is 2.61. The number of fused-ring (bicyclic) bond motifs is 1. The van der Waals surface area contributed by atoms with Crippen LogP contribution >= 0.6 is 23.4 Å². The van der Waals surface area contributed by atoms with Crippen LogP contribution in [0.2, 0.25) is 5.02 Å². The topological polar surface area (TPSA) is 51.8 Å². The van der Waals surface area contributed by atoms with Gasteiger partial charge in [-0.25, -0.2) is 4.98 Å². The largest absolute Gasteiger partial charge is 0.341 e. The zero-order valence-electron chi connectivity index (χ0n) is 16.1. The van der Waals surface area contributed by atoms with Gasteiger partial charge < -0.3 is 9.47 Å². The predicted octanol–water partition coefficient (Wildman–Crippen LogP) is 4.70. The van der Waals surface area contributed by atoms with Crippen LogP contribution in [0.15, 0.2) is 53.7 Å². The molecule has 0 atom stereocenters. The van der Waals surface area contributed by atoms with Gasteiger partial charge in [-0.1, -0.05) is 41.6 Å². The van der Waals surface area contributed by atoms with Crippen molar-refractivity contribution in [3.05, 3.63) is 59.4 Å². The summed E-state index contributed by atoms with van der Waals surface area (Å²) >= 11 is 7.92. The van der Waals surface area contributed by atoms with Crippen LogP contribution < -0.4 is 4.90 Å². The van der Waals surface area contributed by atoms with E-state index in [1.807, 2.05) is 42.5 Å². The SMILES string of the molecule is Cn1c(CSc2nnc(N3CCCC3)n2-c2cccc(Cl)c2)nc2ccccc21.